The predicted molar refractivity (Wildman–Crippen MR) is 130 cm³/mol. The van der Waals surface area contributed by atoms with Gasteiger partial charge in [0.05, 0.1) is 6.54 Å². The summed E-state index contributed by atoms with van der Waals surface area (Å²) in [6.07, 6.45) is 0.460. The highest BCUT2D eigenvalue weighted by molar-refractivity contribution is 14.0. The van der Waals surface area contributed by atoms with Gasteiger partial charge in [-0.05, 0) is 36.2 Å². The molecule has 28 heavy (non-hydrogen) atoms. The van der Waals surface area contributed by atoms with Gasteiger partial charge in [0.2, 0.25) is 5.91 Å². The molecule has 2 aromatic rings. The first-order valence-corrected chi connectivity index (χ1v) is 10.1. The summed E-state index contributed by atoms with van der Waals surface area (Å²) in [6, 6.07) is 13.7. The van der Waals surface area contributed by atoms with Gasteiger partial charge in [-0.3, -0.25) is 4.79 Å². The van der Waals surface area contributed by atoms with Crippen molar-refractivity contribution < 1.29 is 4.79 Å². The van der Waals surface area contributed by atoms with Crippen molar-refractivity contribution in [3.63, 3.8) is 0 Å². The van der Waals surface area contributed by atoms with Crippen LogP contribution in [0.4, 0.5) is 5.69 Å². The van der Waals surface area contributed by atoms with E-state index in [1.807, 2.05) is 43.3 Å². The van der Waals surface area contributed by atoms with Crippen molar-refractivity contribution in [2.45, 2.75) is 25.8 Å². The van der Waals surface area contributed by atoms with E-state index >= 15 is 0 Å². The first-order valence-electron chi connectivity index (χ1n) is 8.91. The second-order valence-electron chi connectivity index (χ2n) is 6.35. The highest BCUT2D eigenvalue weighted by Crippen LogP contribution is 2.31. The van der Waals surface area contributed by atoms with Crippen LogP contribution < -0.4 is 16.0 Å². The van der Waals surface area contributed by atoms with Gasteiger partial charge in [0.15, 0.2) is 5.96 Å². The van der Waals surface area contributed by atoms with Gasteiger partial charge in [-0.1, -0.05) is 51.8 Å². The van der Waals surface area contributed by atoms with E-state index in [1.54, 1.807) is 0 Å². The molecule has 2 aromatic carbocycles. The third-order valence-electron chi connectivity index (χ3n) is 4.39. The minimum atomic E-state index is 0. The molecule has 0 bridgehead atoms. The van der Waals surface area contributed by atoms with Gasteiger partial charge in [0.1, 0.15) is 0 Å². The van der Waals surface area contributed by atoms with Crippen LogP contribution in [0.15, 0.2) is 51.9 Å². The van der Waals surface area contributed by atoms with Crippen LogP contribution in [0.1, 0.15) is 30.4 Å². The van der Waals surface area contributed by atoms with Crippen molar-refractivity contribution in [2.75, 3.05) is 18.4 Å². The number of para-hydroxylation sites is 1. The van der Waals surface area contributed by atoms with Crippen LogP contribution in [0.5, 0.6) is 0 Å². The summed E-state index contributed by atoms with van der Waals surface area (Å²) in [5, 5.41) is 10.2. The lowest BCUT2D eigenvalue weighted by Gasteiger charge is -2.26. The lowest BCUT2D eigenvalue weighted by Crippen LogP contribution is -2.40. The van der Waals surface area contributed by atoms with Crippen LogP contribution in [0, 0.1) is 0 Å². The Morgan fingerprint density at radius 3 is 2.82 bits per heavy atom. The minimum absolute atomic E-state index is 0. The largest absolute Gasteiger partial charge is 0.357 e. The van der Waals surface area contributed by atoms with Crippen LogP contribution >= 0.6 is 51.5 Å². The molecule has 0 saturated heterocycles. The average Bonchev–Trinajstić information content (AvgIpc) is 2.64. The Balaban J connectivity index is 0.00000280. The summed E-state index contributed by atoms with van der Waals surface area (Å²) in [5.74, 6) is 0.860. The number of halogens is 3. The number of amides is 1. The van der Waals surface area contributed by atoms with E-state index in [-0.39, 0.29) is 35.8 Å². The van der Waals surface area contributed by atoms with Crippen molar-refractivity contribution >= 4 is 69.1 Å². The second kappa shape index (κ2) is 11.0. The number of carbonyl (C=O) groups is 1. The SMILES string of the molecule is CCNC(=NCc1ccc(Br)cc1Cl)NCC1CC(=O)Nc2ccccc21.I. The number of carbonyl (C=O) groups excluding carboxylic acids is 1. The number of guanidine groups is 1. The Labute approximate surface area is 195 Å². The van der Waals surface area contributed by atoms with Gasteiger partial charge >= 0.3 is 0 Å². The van der Waals surface area contributed by atoms with Crippen LogP contribution in [-0.4, -0.2) is 25.0 Å². The van der Waals surface area contributed by atoms with E-state index in [9.17, 15) is 4.79 Å². The fraction of sp³-hybridized carbons (Fsp3) is 0.300. The molecule has 1 aliphatic heterocycles. The third-order valence-corrected chi connectivity index (χ3v) is 5.23. The van der Waals surface area contributed by atoms with Crippen LogP contribution in [0.25, 0.3) is 0 Å². The minimum Gasteiger partial charge on any atom is -0.357 e. The summed E-state index contributed by atoms with van der Waals surface area (Å²) >= 11 is 9.69. The maximum atomic E-state index is 12.0. The van der Waals surface area contributed by atoms with Crippen LogP contribution in [0.3, 0.4) is 0 Å². The Bertz CT molecular complexity index is 862. The van der Waals surface area contributed by atoms with Gasteiger partial charge in [-0.25, -0.2) is 4.99 Å². The predicted octanol–water partition coefficient (Wildman–Crippen LogP) is 4.90. The van der Waals surface area contributed by atoms with E-state index in [0.29, 0.717) is 30.5 Å². The van der Waals surface area contributed by atoms with Crippen LogP contribution in [-0.2, 0) is 11.3 Å². The molecule has 1 unspecified atom stereocenters. The van der Waals surface area contributed by atoms with Crippen molar-refractivity contribution in [2.24, 2.45) is 4.99 Å². The molecular formula is C20H23BrClIN4O. The monoisotopic (exact) mass is 576 g/mol. The number of fused-ring (bicyclic) bond motifs is 1. The second-order valence-corrected chi connectivity index (χ2v) is 7.67. The molecule has 3 N–H and O–H groups in total. The normalized spacial score (nSPS) is 15.9. The Morgan fingerprint density at radius 1 is 1.29 bits per heavy atom. The standard InChI is InChI=1S/C20H22BrClN4O.HI/c1-2-23-20(24-11-13-7-8-15(21)10-17(13)22)25-12-14-9-19(27)26-18-6-4-3-5-16(14)18;/h3-8,10,14H,2,9,11-12H2,1H3,(H,26,27)(H2,23,24,25);1H. The Kier molecular flexibility index (Phi) is 9.04. The highest BCUT2D eigenvalue weighted by Gasteiger charge is 2.24. The highest BCUT2D eigenvalue weighted by atomic mass is 127. The lowest BCUT2D eigenvalue weighted by molar-refractivity contribution is -0.116. The fourth-order valence-corrected chi connectivity index (χ4v) is 3.79. The number of aliphatic imine (C=N–C) groups is 1. The molecule has 0 aromatic heterocycles. The molecule has 5 nitrogen and oxygen atoms in total. The molecule has 0 fully saturated rings. The van der Waals surface area contributed by atoms with Crippen molar-refractivity contribution in [1.82, 2.24) is 10.6 Å². The first kappa shape index (κ1) is 23.0. The average molecular weight is 578 g/mol. The summed E-state index contributed by atoms with van der Waals surface area (Å²) in [5.41, 5.74) is 3.00. The molecule has 1 aliphatic rings. The van der Waals surface area contributed by atoms with Gasteiger partial charge in [-0.2, -0.15) is 0 Å². The van der Waals surface area contributed by atoms with E-state index in [4.69, 9.17) is 11.6 Å². The number of hydrogen-bond acceptors (Lipinski definition) is 2. The number of nitrogens with one attached hydrogen (secondary N) is 3. The molecule has 1 atom stereocenters. The summed E-state index contributed by atoms with van der Waals surface area (Å²) in [4.78, 5) is 16.6. The molecular weight excluding hydrogens is 555 g/mol. The van der Waals surface area contributed by atoms with Gasteiger partial charge in [0.25, 0.3) is 0 Å². The third kappa shape index (κ3) is 6.09. The maximum Gasteiger partial charge on any atom is 0.225 e. The lowest BCUT2D eigenvalue weighted by atomic mass is 9.90. The molecule has 1 heterocycles. The molecule has 0 saturated carbocycles. The summed E-state index contributed by atoms with van der Waals surface area (Å²) < 4.78 is 0.944. The van der Waals surface area contributed by atoms with Crippen molar-refractivity contribution in [3.8, 4) is 0 Å². The zero-order valence-corrected chi connectivity index (χ0v) is 20.1. The first-order chi connectivity index (χ1) is 13.1. The molecule has 0 spiro atoms. The van der Waals surface area contributed by atoms with Gasteiger partial charge < -0.3 is 16.0 Å². The fourth-order valence-electron chi connectivity index (χ4n) is 3.06. The Hall–Kier alpha value is -1.32. The van der Waals surface area contributed by atoms with Crippen LogP contribution in [0.2, 0.25) is 5.02 Å². The van der Waals surface area contributed by atoms with Crippen molar-refractivity contribution in [1.29, 1.82) is 0 Å². The quantitative estimate of drug-likeness (QED) is 0.269. The zero-order valence-electron chi connectivity index (χ0n) is 15.5. The topological polar surface area (TPSA) is 65.5 Å². The maximum absolute atomic E-state index is 12.0. The van der Waals surface area contributed by atoms with Gasteiger partial charge in [-0.15, -0.1) is 24.0 Å². The number of hydrogen-bond donors (Lipinski definition) is 3. The molecule has 0 radical (unpaired) electrons. The van der Waals surface area contributed by atoms with Gasteiger partial charge in [0, 0.05) is 40.6 Å². The van der Waals surface area contributed by atoms with E-state index in [0.717, 1.165) is 27.8 Å². The molecule has 3 rings (SSSR count). The van der Waals surface area contributed by atoms with Crippen molar-refractivity contribution in [3.05, 3.63) is 63.1 Å². The van der Waals surface area contributed by atoms with E-state index < -0.39 is 0 Å². The zero-order chi connectivity index (χ0) is 19.2. The Morgan fingerprint density at radius 2 is 2.07 bits per heavy atom. The number of nitrogens with zero attached hydrogens (tertiary/aromatic N) is 1. The number of rotatable bonds is 5. The molecule has 150 valence electrons. The number of anilines is 1. The van der Waals surface area contributed by atoms with E-state index in [1.165, 1.54) is 0 Å². The summed E-state index contributed by atoms with van der Waals surface area (Å²) in [7, 11) is 0. The molecule has 1 amide bonds. The number of benzene rings is 2. The summed E-state index contributed by atoms with van der Waals surface area (Å²) in [6.45, 7) is 3.88. The molecule has 8 heteroatoms. The molecule has 0 aliphatic carbocycles. The van der Waals surface area contributed by atoms with E-state index in [2.05, 4.69) is 42.9 Å². The smallest absolute Gasteiger partial charge is 0.225 e.